The molecule has 0 saturated heterocycles. The van der Waals surface area contributed by atoms with E-state index in [0.29, 0.717) is 19.3 Å². The van der Waals surface area contributed by atoms with Crippen LogP contribution in [0.2, 0.25) is 0 Å². The Kier molecular flexibility index (Phi) is 12.2. The molecule has 2 rings (SSSR count). The molecule has 0 heterocycles. The Balaban J connectivity index is 2.02. The number of aliphatic hydroxyl groups is 1. The average Bonchev–Trinajstić information content (AvgIpc) is 3.34. The second kappa shape index (κ2) is 14.9. The lowest BCUT2D eigenvalue weighted by atomic mass is 9.86. The van der Waals surface area contributed by atoms with Crippen LogP contribution in [0.25, 0.3) is 0 Å². The van der Waals surface area contributed by atoms with Crippen molar-refractivity contribution in [3.63, 3.8) is 0 Å². The van der Waals surface area contributed by atoms with E-state index < -0.39 is 22.9 Å². The number of rotatable bonds is 15. The third kappa shape index (κ3) is 9.75. The van der Waals surface area contributed by atoms with Crippen LogP contribution >= 0.6 is 0 Å². The lowest BCUT2D eigenvalue weighted by molar-refractivity contribution is -0.150. The molecule has 0 aliphatic heterocycles. The third-order valence-electron chi connectivity index (χ3n) is 7.39. The molecule has 3 atom stereocenters. The minimum absolute atomic E-state index is 0.00522. The molecule has 3 N–H and O–H groups in total. The van der Waals surface area contributed by atoms with Crippen molar-refractivity contribution >= 4 is 17.8 Å². The first kappa shape index (κ1) is 31.3. The number of ether oxygens (including phenoxy) is 1. The number of carbonyl (C=O) groups is 3. The van der Waals surface area contributed by atoms with Crippen molar-refractivity contribution in [2.45, 2.75) is 83.7 Å². The highest BCUT2D eigenvalue weighted by atomic mass is 16.5. The number of hydrogen-bond acceptors (Lipinski definition) is 5. The normalized spacial score (nSPS) is 17.1. The Morgan fingerprint density at radius 2 is 1.66 bits per heavy atom. The lowest BCUT2D eigenvalue weighted by Crippen LogP contribution is -2.52. The maximum Gasteiger partial charge on any atom is 0.309 e. The molecule has 1 aliphatic carbocycles. The summed E-state index contributed by atoms with van der Waals surface area (Å²) in [6.45, 7) is 13.4. The molecule has 1 aromatic rings. The number of allylic oxidation sites excluding steroid dienone is 2. The molecule has 1 fully saturated rings. The van der Waals surface area contributed by atoms with Crippen LogP contribution in [0.15, 0.2) is 55.6 Å². The predicted octanol–water partition coefficient (Wildman–Crippen LogP) is 4.50. The van der Waals surface area contributed by atoms with Gasteiger partial charge in [-0.15, -0.1) is 13.2 Å². The maximum atomic E-state index is 13.3. The van der Waals surface area contributed by atoms with Gasteiger partial charge in [-0.3, -0.25) is 14.4 Å². The highest BCUT2D eigenvalue weighted by Gasteiger charge is 2.36. The standard InChI is InChI=1S/C31H46N2O5/c1-6-13-24(20-27(35)33-31(22-34)17-11-12-18-31)28(36)32-26(30(3,4)5)21-38-29(37)25(14-7-2)19-23-15-9-8-10-16-23/h6-10,15-16,24-26,34H,1-2,11-14,17-22H2,3-5H3,(H,32,36)(H,33,35)/t24-,25-,26-/m1/s1. The first-order valence-corrected chi connectivity index (χ1v) is 13.7. The zero-order chi connectivity index (χ0) is 28.2. The fourth-order valence-electron chi connectivity index (χ4n) is 4.87. The zero-order valence-electron chi connectivity index (χ0n) is 23.3. The van der Waals surface area contributed by atoms with Crippen LogP contribution in [-0.2, 0) is 25.5 Å². The van der Waals surface area contributed by atoms with E-state index in [1.165, 1.54) is 0 Å². The van der Waals surface area contributed by atoms with Crippen LogP contribution in [0.3, 0.4) is 0 Å². The van der Waals surface area contributed by atoms with Gasteiger partial charge < -0.3 is 20.5 Å². The molecule has 0 radical (unpaired) electrons. The Morgan fingerprint density at radius 1 is 1.05 bits per heavy atom. The van der Waals surface area contributed by atoms with E-state index in [1.54, 1.807) is 12.2 Å². The summed E-state index contributed by atoms with van der Waals surface area (Å²) in [7, 11) is 0. The number of carbonyl (C=O) groups excluding carboxylic acids is 3. The topological polar surface area (TPSA) is 105 Å². The summed E-state index contributed by atoms with van der Waals surface area (Å²) in [6.07, 6.45) is 8.11. The summed E-state index contributed by atoms with van der Waals surface area (Å²) in [5, 5.41) is 15.8. The van der Waals surface area contributed by atoms with E-state index >= 15 is 0 Å². The molecule has 0 bridgehead atoms. The molecular formula is C31H46N2O5. The maximum absolute atomic E-state index is 13.3. The number of amides is 2. The van der Waals surface area contributed by atoms with Crippen LogP contribution in [0.4, 0.5) is 0 Å². The number of esters is 1. The number of hydrogen-bond donors (Lipinski definition) is 3. The summed E-state index contributed by atoms with van der Waals surface area (Å²) in [5.41, 5.74) is 0.0636. The first-order chi connectivity index (χ1) is 18.0. The van der Waals surface area contributed by atoms with Gasteiger partial charge in [0.1, 0.15) is 6.61 Å². The Morgan fingerprint density at radius 3 is 2.21 bits per heavy atom. The summed E-state index contributed by atoms with van der Waals surface area (Å²) < 4.78 is 5.73. The van der Waals surface area contributed by atoms with Gasteiger partial charge in [0.15, 0.2) is 0 Å². The SMILES string of the molecule is C=CC[C@H](CC(=O)NC1(CO)CCCC1)C(=O)N[C@H](COC(=O)[C@H](CC=C)Cc1ccccc1)C(C)(C)C. The van der Waals surface area contributed by atoms with Gasteiger partial charge in [0.2, 0.25) is 11.8 Å². The molecule has 0 spiro atoms. The molecule has 1 saturated carbocycles. The molecule has 210 valence electrons. The van der Waals surface area contributed by atoms with Gasteiger partial charge in [0.25, 0.3) is 0 Å². The summed E-state index contributed by atoms with van der Waals surface area (Å²) >= 11 is 0. The molecule has 1 aromatic carbocycles. The quantitative estimate of drug-likeness (QED) is 0.231. The fourth-order valence-corrected chi connectivity index (χ4v) is 4.87. The van der Waals surface area contributed by atoms with Crippen LogP contribution < -0.4 is 10.6 Å². The predicted molar refractivity (Wildman–Crippen MR) is 150 cm³/mol. The molecule has 0 aromatic heterocycles. The molecule has 0 unspecified atom stereocenters. The summed E-state index contributed by atoms with van der Waals surface area (Å²) in [5.74, 6) is -1.85. The van der Waals surface area contributed by atoms with Gasteiger partial charge in [-0.2, -0.15) is 0 Å². The zero-order valence-corrected chi connectivity index (χ0v) is 23.3. The van der Waals surface area contributed by atoms with Crippen molar-refractivity contribution in [1.82, 2.24) is 10.6 Å². The van der Waals surface area contributed by atoms with E-state index in [0.717, 1.165) is 31.2 Å². The van der Waals surface area contributed by atoms with Gasteiger partial charge in [0, 0.05) is 6.42 Å². The largest absolute Gasteiger partial charge is 0.463 e. The second-order valence-electron chi connectivity index (χ2n) is 11.6. The fraction of sp³-hybridized carbons (Fsp3) is 0.581. The van der Waals surface area contributed by atoms with Crippen molar-refractivity contribution in [3.05, 3.63) is 61.2 Å². The van der Waals surface area contributed by atoms with Gasteiger partial charge in [-0.25, -0.2) is 0 Å². The van der Waals surface area contributed by atoms with Crippen LogP contribution in [-0.4, -0.2) is 47.7 Å². The Labute approximate surface area is 228 Å². The van der Waals surface area contributed by atoms with Gasteiger partial charge in [0.05, 0.1) is 30.0 Å². The van der Waals surface area contributed by atoms with E-state index in [-0.39, 0.29) is 43.3 Å². The lowest BCUT2D eigenvalue weighted by Gasteiger charge is -2.33. The first-order valence-electron chi connectivity index (χ1n) is 13.7. The van der Waals surface area contributed by atoms with E-state index in [9.17, 15) is 19.5 Å². The van der Waals surface area contributed by atoms with Crippen molar-refractivity contribution in [3.8, 4) is 0 Å². The number of aliphatic hydroxyl groups excluding tert-OH is 1. The second-order valence-corrected chi connectivity index (χ2v) is 11.6. The van der Waals surface area contributed by atoms with Gasteiger partial charge in [-0.05, 0) is 43.1 Å². The molecule has 7 heteroatoms. The van der Waals surface area contributed by atoms with E-state index in [4.69, 9.17) is 4.74 Å². The summed E-state index contributed by atoms with van der Waals surface area (Å²) in [4.78, 5) is 39.1. The van der Waals surface area contributed by atoms with Crippen LogP contribution in [0.1, 0.15) is 71.3 Å². The Hall–Kier alpha value is -2.93. The van der Waals surface area contributed by atoms with Crippen LogP contribution in [0, 0.1) is 17.3 Å². The van der Waals surface area contributed by atoms with Crippen molar-refractivity contribution in [1.29, 1.82) is 0 Å². The highest BCUT2D eigenvalue weighted by Crippen LogP contribution is 2.29. The van der Waals surface area contributed by atoms with Crippen molar-refractivity contribution in [2.24, 2.45) is 17.3 Å². The van der Waals surface area contributed by atoms with Crippen LogP contribution in [0.5, 0.6) is 0 Å². The van der Waals surface area contributed by atoms with E-state index in [1.807, 2.05) is 51.1 Å². The van der Waals surface area contributed by atoms with Crippen molar-refractivity contribution < 1.29 is 24.2 Å². The number of nitrogens with one attached hydrogen (secondary N) is 2. The third-order valence-corrected chi connectivity index (χ3v) is 7.39. The molecule has 2 amide bonds. The molecule has 38 heavy (non-hydrogen) atoms. The van der Waals surface area contributed by atoms with E-state index in [2.05, 4.69) is 23.8 Å². The average molecular weight is 527 g/mol. The minimum atomic E-state index is -0.614. The molecular weight excluding hydrogens is 480 g/mol. The van der Waals surface area contributed by atoms with Gasteiger partial charge >= 0.3 is 5.97 Å². The number of benzene rings is 1. The van der Waals surface area contributed by atoms with Crippen molar-refractivity contribution in [2.75, 3.05) is 13.2 Å². The highest BCUT2D eigenvalue weighted by molar-refractivity contribution is 5.86. The molecule has 1 aliphatic rings. The smallest absolute Gasteiger partial charge is 0.309 e. The minimum Gasteiger partial charge on any atom is -0.463 e. The molecule has 7 nitrogen and oxygen atoms in total. The Bertz CT molecular complexity index is 931. The monoisotopic (exact) mass is 526 g/mol. The summed E-state index contributed by atoms with van der Waals surface area (Å²) in [6, 6.07) is 9.32. The van der Waals surface area contributed by atoms with Gasteiger partial charge in [-0.1, -0.05) is 76.1 Å².